The summed E-state index contributed by atoms with van der Waals surface area (Å²) in [5.74, 6) is 1.53. The van der Waals surface area contributed by atoms with Gasteiger partial charge in [-0.25, -0.2) is 4.39 Å². The Labute approximate surface area is 197 Å². The molecule has 4 aromatic rings. The molecule has 0 amide bonds. The summed E-state index contributed by atoms with van der Waals surface area (Å²) in [5.41, 5.74) is 2.85. The number of rotatable bonds is 8. The Bertz CT molecular complexity index is 1150. The third-order valence-electron chi connectivity index (χ3n) is 4.97. The van der Waals surface area contributed by atoms with Crippen LogP contribution >= 0.6 is 24.0 Å². The van der Waals surface area contributed by atoms with Crippen molar-refractivity contribution in [1.29, 1.82) is 0 Å². The predicted octanol–water partition coefficient (Wildman–Crippen LogP) is 3.70. The quantitative estimate of drug-likeness (QED) is 0.139. The van der Waals surface area contributed by atoms with E-state index in [2.05, 4.69) is 30.8 Å². The number of nitrogens with one attached hydrogen (secondary N) is 3. The Kier molecular flexibility index (Phi) is 8.21. The van der Waals surface area contributed by atoms with Crippen LogP contribution in [-0.2, 0) is 12.8 Å². The monoisotopic (exact) mass is 535 g/mol. The largest absolute Gasteiger partial charge is 0.361 e. The van der Waals surface area contributed by atoms with Crippen LogP contribution in [0.1, 0.15) is 24.7 Å². The Hall–Kier alpha value is -2.69. The molecule has 0 unspecified atom stereocenters. The Morgan fingerprint density at radius 3 is 2.94 bits per heavy atom. The summed E-state index contributed by atoms with van der Waals surface area (Å²) in [4.78, 5) is 7.80. The summed E-state index contributed by atoms with van der Waals surface area (Å²) < 4.78 is 15.4. The number of aromatic nitrogens is 4. The number of H-pyrrole nitrogens is 1. The van der Waals surface area contributed by atoms with Crippen molar-refractivity contribution in [3.05, 3.63) is 66.0 Å². The zero-order valence-corrected chi connectivity index (χ0v) is 19.8. The van der Waals surface area contributed by atoms with Gasteiger partial charge < -0.3 is 15.6 Å². The topological polar surface area (TPSA) is 82.4 Å². The molecule has 0 aliphatic rings. The van der Waals surface area contributed by atoms with E-state index in [0.717, 1.165) is 66.2 Å². The SMILES string of the molecule is CCNC(=NCCCc1nnc2ccccn12)NCCc1c[nH]c2cc(F)ccc12.I. The third kappa shape index (κ3) is 5.72. The van der Waals surface area contributed by atoms with Gasteiger partial charge in [-0.05, 0) is 55.7 Å². The lowest BCUT2D eigenvalue weighted by Crippen LogP contribution is -2.38. The number of benzene rings is 1. The molecule has 164 valence electrons. The van der Waals surface area contributed by atoms with Gasteiger partial charge in [-0.3, -0.25) is 9.39 Å². The number of aryl methyl sites for hydroxylation is 1. The molecule has 0 radical (unpaired) electrons. The van der Waals surface area contributed by atoms with E-state index in [1.165, 1.54) is 12.1 Å². The maximum absolute atomic E-state index is 13.3. The van der Waals surface area contributed by atoms with Crippen LogP contribution in [0.15, 0.2) is 53.8 Å². The lowest BCUT2D eigenvalue weighted by atomic mass is 10.1. The summed E-state index contributed by atoms with van der Waals surface area (Å²) in [6.45, 7) is 4.29. The molecule has 0 fully saturated rings. The van der Waals surface area contributed by atoms with E-state index in [0.29, 0.717) is 6.54 Å². The van der Waals surface area contributed by atoms with Crippen LogP contribution < -0.4 is 10.6 Å². The number of hydrogen-bond donors (Lipinski definition) is 3. The molecule has 0 bridgehead atoms. The van der Waals surface area contributed by atoms with Crippen molar-refractivity contribution in [2.75, 3.05) is 19.6 Å². The van der Waals surface area contributed by atoms with Crippen LogP contribution in [0.25, 0.3) is 16.6 Å². The first-order valence-electron chi connectivity index (χ1n) is 10.3. The fourth-order valence-electron chi connectivity index (χ4n) is 3.51. The fraction of sp³-hybridized carbons (Fsp3) is 0.318. The lowest BCUT2D eigenvalue weighted by molar-refractivity contribution is 0.629. The van der Waals surface area contributed by atoms with Crippen molar-refractivity contribution >= 4 is 46.5 Å². The van der Waals surface area contributed by atoms with E-state index < -0.39 is 0 Å². The molecule has 31 heavy (non-hydrogen) atoms. The van der Waals surface area contributed by atoms with Crippen LogP contribution in [-0.4, -0.2) is 45.2 Å². The molecule has 0 atom stereocenters. The first-order chi connectivity index (χ1) is 14.7. The van der Waals surface area contributed by atoms with Crippen molar-refractivity contribution in [3.63, 3.8) is 0 Å². The highest BCUT2D eigenvalue weighted by atomic mass is 127. The van der Waals surface area contributed by atoms with E-state index in [1.807, 2.05) is 48.0 Å². The highest BCUT2D eigenvalue weighted by Crippen LogP contribution is 2.19. The summed E-state index contributed by atoms with van der Waals surface area (Å²) in [6.07, 6.45) is 6.46. The van der Waals surface area contributed by atoms with E-state index in [4.69, 9.17) is 0 Å². The maximum Gasteiger partial charge on any atom is 0.191 e. The van der Waals surface area contributed by atoms with Crippen molar-refractivity contribution in [2.45, 2.75) is 26.2 Å². The standard InChI is InChI=1S/C22H26FN7.HI/c1-2-24-22(25-11-5-7-21-29-28-20-6-3-4-13-30(20)21)26-12-10-16-15-27-19-14-17(23)8-9-18(16)19;/h3-4,6,8-9,13-15,27H,2,5,7,10-12H2,1H3,(H2,24,25,26);1H. The molecule has 0 aliphatic carbocycles. The molecular formula is C22H27FIN7. The highest BCUT2D eigenvalue weighted by molar-refractivity contribution is 14.0. The molecule has 3 N–H and O–H groups in total. The maximum atomic E-state index is 13.3. The average molecular weight is 535 g/mol. The minimum atomic E-state index is -0.227. The zero-order chi connectivity index (χ0) is 20.8. The molecule has 0 aliphatic heterocycles. The fourth-order valence-corrected chi connectivity index (χ4v) is 3.51. The van der Waals surface area contributed by atoms with Crippen LogP contribution in [0.4, 0.5) is 4.39 Å². The minimum absolute atomic E-state index is 0. The third-order valence-corrected chi connectivity index (χ3v) is 4.97. The molecule has 1 aromatic carbocycles. The van der Waals surface area contributed by atoms with Gasteiger partial charge in [0.1, 0.15) is 11.6 Å². The normalized spacial score (nSPS) is 11.6. The number of fused-ring (bicyclic) bond motifs is 2. The van der Waals surface area contributed by atoms with Crippen LogP contribution in [0, 0.1) is 5.82 Å². The van der Waals surface area contributed by atoms with Gasteiger partial charge in [0.2, 0.25) is 0 Å². The van der Waals surface area contributed by atoms with Crippen molar-refractivity contribution in [3.8, 4) is 0 Å². The molecular weight excluding hydrogens is 508 g/mol. The first-order valence-corrected chi connectivity index (χ1v) is 10.3. The molecule has 9 heteroatoms. The molecule has 0 saturated carbocycles. The summed E-state index contributed by atoms with van der Waals surface area (Å²) >= 11 is 0. The number of halogens is 2. The molecule has 4 rings (SSSR count). The van der Waals surface area contributed by atoms with Gasteiger partial charge >= 0.3 is 0 Å². The Morgan fingerprint density at radius 1 is 1.16 bits per heavy atom. The molecule has 7 nitrogen and oxygen atoms in total. The van der Waals surface area contributed by atoms with Gasteiger partial charge in [-0.15, -0.1) is 34.2 Å². The van der Waals surface area contributed by atoms with Crippen molar-refractivity contribution < 1.29 is 4.39 Å². The second-order valence-electron chi connectivity index (χ2n) is 7.09. The smallest absolute Gasteiger partial charge is 0.191 e. The van der Waals surface area contributed by atoms with Gasteiger partial charge in [0.05, 0.1) is 0 Å². The average Bonchev–Trinajstić information content (AvgIpc) is 3.35. The number of nitrogens with zero attached hydrogens (tertiary/aromatic N) is 4. The number of guanidine groups is 1. The van der Waals surface area contributed by atoms with Crippen molar-refractivity contribution in [1.82, 2.24) is 30.2 Å². The lowest BCUT2D eigenvalue weighted by Gasteiger charge is -2.11. The van der Waals surface area contributed by atoms with E-state index in [1.54, 1.807) is 0 Å². The molecule has 3 aromatic heterocycles. The zero-order valence-electron chi connectivity index (χ0n) is 17.4. The van der Waals surface area contributed by atoms with Gasteiger partial charge in [0, 0.05) is 49.4 Å². The van der Waals surface area contributed by atoms with E-state index >= 15 is 0 Å². The van der Waals surface area contributed by atoms with Crippen LogP contribution in [0.3, 0.4) is 0 Å². The van der Waals surface area contributed by atoms with E-state index in [-0.39, 0.29) is 29.8 Å². The highest BCUT2D eigenvalue weighted by Gasteiger charge is 2.06. The van der Waals surface area contributed by atoms with Gasteiger partial charge in [0.25, 0.3) is 0 Å². The van der Waals surface area contributed by atoms with Crippen molar-refractivity contribution in [2.24, 2.45) is 4.99 Å². The molecule has 0 saturated heterocycles. The van der Waals surface area contributed by atoms with Crippen LogP contribution in [0.2, 0.25) is 0 Å². The Morgan fingerprint density at radius 2 is 2.06 bits per heavy atom. The Balaban J connectivity index is 0.00000272. The van der Waals surface area contributed by atoms with Gasteiger partial charge in [-0.2, -0.15) is 0 Å². The minimum Gasteiger partial charge on any atom is -0.361 e. The molecule has 3 heterocycles. The second-order valence-corrected chi connectivity index (χ2v) is 7.09. The van der Waals surface area contributed by atoms with E-state index in [9.17, 15) is 4.39 Å². The first kappa shape index (κ1) is 23.0. The number of pyridine rings is 1. The molecule has 0 spiro atoms. The number of hydrogen-bond acceptors (Lipinski definition) is 3. The summed E-state index contributed by atoms with van der Waals surface area (Å²) in [6, 6.07) is 10.7. The summed E-state index contributed by atoms with van der Waals surface area (Å²) in [5, 5.41) is 16.2. The number of aliphatic imine (C=N–C) groups is 1. The van der Waals surface area contributed by atoms with Gasteiger partial charge in [-0.1, -0.05) is 6.07 Å². The van der Waals surface area contributed by atoms with Gasteiger partial charge in [0.15, 0.2) is 11.6 Å². The van der Waals surface area contributed by atoms with Crippen LogP contribution in [0.5, 0.6) is 0 Å². The second kappa shape index (κ2) is 11.1. The number of aromatic amines is 1. The predicted molar refractivity (Wildman–Crippen MR) is 133 cm³/mol. The summed E-state index contributed by atoms with van der Waals surface area (Å²) in [7, 11) is 0.